The van der Waals surface area contributed by atoms with Gasteiger partial charge in [0.1, 0.15) is 5.02 Å². The molecule has 1 atom stereocenters. The minimum Gasteiger partial charge on any atom is -0.474 e. The number of nitrogens with zero attached hydrogens (tertiary/aromatic N) is 3. The minimum absolute atomic E-state index is 0.00537. The van der Waals surface area contributed by atoms with Crippen LogP contribution in [0.3, 0.4) is 0 Å². The van der Waals surface area contributed by atoms with Crippen molar-refractivity contribution < 1.29 is 9.53 Å². The van der Waals surface area contributed by atoms with Crippen molar-refractivity contribution in [1.29, 1.82) is 0 Å². The average Bonchev–Trinajstić information content (AvgIpc) is 2.40. The molecule has 0 N–H and O–H groups in total. The number of amides is 1. The lowest BCUT2D eigenvalue weighted by Crippen LogP contribution is -2.52. The molecule has 21 heavy (non-hydrogen) atoms. The lowest BCUT2D eigenvalue weighted by Gasteiger charge is -2.38. The molecule has 0 bridgehead atoms. The van der Waals surface area contributed by atoms with Crippen molar-refractivity contribution in [2.24, 2.45) is 0 Å². The molecule has 1 amide bonds. The summed E-state index contributed by atoms with van der Waals surface area (Å²) in [6.07, 6.45) is 1.53. The summed E-state index contributed by atoms with van der Waals surface area (Å²) in [5, 5.41) is 0.372. The van der Waals surface area contributed by atoms with Crippen LogP contribution in [0.15, 0.2) is 12.3 Å². The second-order valence-corrected chi connectivity index (χ2v) is 6.19. The van der Waals surface area contributed by atoms with Gasteiger partial charge in [-0.3, -0.25) is 4.79 Å². The number of hydrogen-bond acceptors (Lipinski definition) is 4. The Kier molecular flexibility index (Phi) is 5.06. The van der Waals surface area contributed by atoms with Gasteiger partial charge in [0.25, 0.3) is 5.91 Å². The van der Waals surface area contributed by atoms with Crippen molar-refractivity contribution in [3.05, 3.63) is 22.8 Å². The first-order chi connectivity index (χ1) is 9.88. The molecule has 0 saturated carbocycles. The van der Waals surface area contributed by atoms with E-state index in [0.29, 0.717) is 16.5 Å². The van der Waals surface area contributed by atoms with Gasteiger partial charge in [0.2, 0.25) is 5.88 Å². The number of aromatic nitrogens is 1. The van der Waals surface area contributed by atoms with Crippen molar-refractivity contribution >= 4 is 17.5 Å². The minimum atomic E-state index is -0.0268. The van der Waals surface area contributed by atoms with E-state index >= 15 is 0 Å². The summed E-state index contributed by atoms with van der Waals surface area (Å²) < 4.78 is 5.49. The molecule has 1 fully saturated rings. The lowest BCUT2D eigenvalue weighted by atomic mass is 10.1. The Morgan fingerprint density at radius 2 is 2.19 bits per heavy atom. The molecule has 1 saturated heterocycles. The quantitative estimate of drug-likeness (QED) is 0.859. The molecule has 1 aliphatic heterocycles. The molecule has 2 heterocycles. The zero-order valence-corrected chi connectivity index (χ0v) is 13.7. The van der Waals surface area contributed by atoms with Crippen LogP contribution in [-0.2, 0) is 0 Å². The van der Waals surface area contributed by atoms with Crippen LogP contribution >= 0.6 is 11.6 Å². The fourth-order valence-corrected chi connectivity index (χ4v) is 2.67. The molecule has 1 aromatic rings. The van der Waals surface area contributed by atoms with Crippen molar-refractivity contribution in [1.82, 2.24) is 14.8 Å². The normalized spacial score (nSPS) is 19.9. The number of piperazine rings is 1. The summed E-state index contributed by atoms with van der Waals surface area (Å²) >= 11 is 6.15. The smallest absolute Gasteiger partial charge is 0.255 e. The highest BCUT2D eigenvalue weighted by Crippen LogP contribution is 2.24. The van der Waals surface area contributed by atoms with Gasteiger partial charge in [-0.05, 0) is 33.9 Å². The Labute approximate surface area is 130 Å². The van der Waals surface area contributed by atoms with E-state index < -0.39 is 0 Å². The zero-order chi connectivity index (χ0) is 15.6. The van der Waals surface area contributed by atoms with E-state index in [0.717, 1.165) is 19.6 Å². The highest BCUT2D eigenvalue weighted by atomic mass is 35.5. The third kappa shape index (κ3) is 3.86. The van der Waals surface area contributed by atoms with E-state index in [1.54, 1.807) is 6.07 Å². The number of carbonyl (C=O) groups is 1. The first kappa shape index (κ1) is 16.0. The fourth-order valence-electron chi connectivity index (χ4n) is 2.46. The van der Waals surface area contributed by atoms with Gasteiger partial charge < -0.3 is 14.5 Å². The Morgan fingerprint density at radius 3 is 2.76 bits per heavy atom. The summed E-state index contributed by atoms with van der Waals surface area (Å²) in [5.41, 5.74) is 0.507. The summed E-state index contributed by atoms with van der Waals surface area (Å²) in [6.45, 7) is 8.34. The third-order valence-corrected chi connectivity index (χ3v) is 3.76. The molecule has 1 aliphatic rings. The van der Waals surface area contributed by atoms with Crippen molar-refractivity contribution in [3.8, 4) is 5.88 Å². The third-order valence-electron chi connectivity index (χ3n) is 3.49. The number of pyridine rings is 1. The number of halogens is 1. The summed E-state index contributed by atoms with van der Waals surface area (Å²) in [7, 11) is 2.06. The topological polar surface area (TPSA) is 45.7 Å². The maximum absolute atomic E-state index is 12.6. The molecule has 2 rings (SSSR count). The van der Waals surface area contributed by atoms with Gasteiger partial charge in [0.15, 0.2) is 0 Å². The van der Waals surface area contributed by atoms with Gasteiger partial charge in [-0.15, -0.1) is 0 Å². The second-order valence-electron chi connectivity index (χ2n) is 5.79. The molecule has 0 spiro atoms. The second kappa shape index (κ2) is 6.62. The molecule has 5 nitrogen and oxygen atoms in total. The van der Waals surface area contributed by atoms with Gasteiger partial charge in [-0.2, -0.15) is 0 Å². The van der Waals surface area contributed by atoms with Crippen LogP contribution < -0.4 is 4.74 Å². The summed E-state index contributed by atoms with van der Waals surface area (Å²) in [4.78, 5) is 20.8. The van der Waals surface area contributed by atoms with Crippen LogP contribution in [0.25, 0.3) is 0 Å². The number of likely N-dealkylation sites (N-methyl/N-ethyl adjacent to an activating group) is 1. The summed E-state index contributed by atoms with van der Waals surface area (Å²) in [5.74, 6) is 0.343. The molecule has 6 heteroatoms. The van der Waals surface area contributed by atoms with Crippen LogP contribution in [0.4, 0.5) is 0 Å². The standard InChI is InChI=1S/C15H22ClN3O2/c1-10(2)21-14-13(16)7-12(8-17-14)15(20)19-6-5-18(4)9-11(19)3/h7-8,10-11H,5-6,9H2,1-4H3/t11-/m1/s1. The van der Waals surface area contributed by atoms with Gasteiger partial charge in [-0.25, -0.2) is 4.98 Å². The lowest BCUT2D eigenvalue weighted by molar-refractivity contribution is 0.0533. The molecule has 0 aromatic carbocycles. The maximum atomic E-state index is 12.6. The van der Waals surface area contributed by atoms with E-state index in [9.17, 15) is 4.79 Å². The predicted octanol–water partition coefficient (Wildman–Crippen LogP) is 2.30. The Hall–Kier alpha value is -1.33. The zero-order valence-electron chi connectivity index (χ0n) is 13.0. The van der Waals surface area contributed by atoms with Crippen LogP contribution in [0.2, 0.25) is 5.02 Å². The molecule has 0 radical (unpaired) electrons. The number of ether oxygens (including phenoxy) is 1. The average molecular weight is 312 g/mol. The molecule has 1 aromatic heterocycles. The Balaban J connectivity index is 2.14. The van der Waals surface area contributed by atoms with E-state index in [2.05, 4.69) is 23.9 Å². The molecular formula is C15H22ClN3O2. The Morgan fingerprint density at radius 1 is 1.48 bits per heavy atom. The predicted molar refractivity (Wildman–Crippen MR) is 83.0 cm³/mol. The van der Waals surface area contributed by atoms with Crippen LogP contribution in [0, 0.1) is 0 Å². The molecular weight excluding hydrogens is 290 g/mol. The highest BCUT2D eigenvalue weighted by molar-refractivity contribution is 6.32. The van der Waals surface area contributed by atoms with Gasteiger partial charge in [0, 0.05) is 31.9 Å². The summed E-state index contributed by atoms with van der Waals surface area (Å²) in [6, 6.07) is 1.82. The SMILES string of the molecule is CC(C)Oc1ncc(C(=O)N2CCN(C)C[C@H]2C)cc1Cl. The van der Waals surface area contributed by atoms with Crippen LogP contribution in [-0.4, -0.2) is 59.5 Å². The fraction of sp³-hybridized carbons (Fsp3) is 0.600. The number of rotatable bonds is 3. The van der Waals surface area contributed by atoms with Gasteiger partial charge in [0.05, 0.1) is 11.7 Å². The van der Waals surface area contributed by atoms with Crippen molar-refractivity contribution in [2.75, 3.05) is 26.7 Å². The highest BCUT2D eigenvalue weighted by Gasteiger charge is 2.27. The van der Waals surface area contributed by atoms with Crippen molar-refractivity contribution in [2.45, 2.75) is 32.9 Å². The molecule has 0 unspecified atom stereocenters. The molecule has 0 aliphatic carbocycles. The Bertz CT molecular complexity index is 522. The van der Waals surface area contributed by atoms with Crippen LogP contribution in [0.1, 0.15) is 31.1 Å². The van der Waals surface area contributed by atoms with E-state index in [-0.39, 0.29) is 18.1 Å². The van der Waals surface area contributed by atoms with E-state index in [1.165, 1.54) is 6.20 Å². The first-order valence-electron chi connectivity index (χ1n) is 7.20. The first-order valence-corrected chi connectivity index (χ1v) is 7.58. The molecule has 116 valence electrons. The van der Waals surface area contributed by atoms with E-state index in [1.807, 2.05) is 18.7 Å². The monoisotopic (exact) mass is 311 g/mol. The van der Waals surface area contributed by atoms with Gasteiger partial charge >= 0.3 is 0 Å². The van der Waals surface area contributed by atoms with Crippen LogP contribution in [0.5, 0.6) is 5.88 Å². The number of hydrogen-bond donors (Lipinski definition) is 0. The maximum Gasteiger partial charge on any atom is 0.255 e. The van der Waals surface area contributed by atoms with Gasteiger partial charge in [-0.1, -0.05) is 11.6 Å². The van der Waals surface area contributed by atoms with Crippen molar-refractivity contribution in [3.63, 3.8) is 0 Å². The number of carbonyl (C=O) groups excluding carboxylic acids is 1. The largest absolute Gasteiger partial charge is 0.474 e. The van der Waals surface area contributed by atoms with E-state index in [4.69, 9.17) is 16.3 Å².